The Hall–Kier alpha value is -6.94. The van der Waals surface area contributed by atoms with E-state index < -0.39 is 0 Å². The molecule has 2 nitrogen and oxygen atoms in total. The van der Waals surface area contributed by atoms with Crippen LogP contribution in [0.25, 0.3) is 108 Å². The predicted octanol–water partition coefficient (Wildman–Crippen LogP) is 15.3. The predicted molar refractivity (Wildman–Crippen MR) is 247 cm³/mol. The molecule has 58 heavy (non-hydrogen) atoms. The quantitative estimate of drug-likeness (QED) is 0.167. The molecule has 0 unspecified atom stereocenters. The lowest BCUT2D eigenvalue weighted by Gasteiger charge is -2.23. The van der Waals surface area contributed by atoms with Gasteiger partial charge in [0, 0.05) is 48.8 Å². The number of aromatic nitrogens is 2. The minimum Gasteiger partial charge on any atom is -0.252 e. The number of rotatable bonds is 4. The summed E-state index contributed by atoms with van der Waals surface area (Å²) in [7, 11) is 0. The van der Waals surface area contributed by atoms with E-state index in [0.29, 0.717) is 0 Å². The number of hydrogen-bond acceptors (Lipinski definition) is 3. The molecule has 0 saturated carbocycles. The third-order valence-corrected chi connectivity index (χ3v) is 13.8. The molecule has 9 aromatic carbocycles. The molecule has 0 radical (unpaired) electrons. The summed E-state index contributed by atoms with van der Waals surface area (Å²) in [5, 5.41) is 7.36. The van der Waals surface area contributed by atoms with Crippen LogP contribution in [-0.2, 0) is 5.41 Å². The van der Waals surface area contributed by atoms with Gasteiger partial charge in [-0.25, -0.2) is 0 Å². The van der Waals surface area contributed by atoms with Crippen LogP contribution in [0.3, 0.4) is 0 Å². The van der Waals surface area contributed by atoms with Crippen molar-refractivity contribution in [3.8, 4) is 55.6 Å². The standard InChI is InChI=1S/C55H36N2S/c1-55(2)49-31-38(35-16-14-33(15-17-35)34-18-20-36(21-19-34)40-11-7-12-47-45-9-5-6-13-51(45)58-54(40)47)23-26-43(49)44-27-24-39(32-50(44)55)37-22-25-42-41-8-3-4-10-46(41)52-53(48(42)30-37)57-29-28-56-52/h3-32H,1-2H3. The van der Waals surface area contributed by atoms with E-state index in [1.807, 2.05) is 11.3 Å². The Kier molecular flexibility index (Phi) is 7.18. The van der Waals surface area contributed by atoms with Crippen molar-refractivity contribution >= 4 is 64.1 Å². The largest absolute Gasteiger partial charge is 0.252 e. The van der Waals surface area contributed by atoms with Gasteiger partial charge < -0.3 is 0 Å². The van der Waals surface area contributed by atoms with E-state index in [4.69, 9.17) is 9.97 Å². The van der Waals surface area contributed by atoms with Crippen LogP contribution in [0.1, 0.15) is 25.0 Å². The Labute approximate surface area is 340 Å². The van der Waals surface area contributed by atoms with Crippen molar-refractivity contribution in [3.63, 3.8) is 0 Å². The number of benzene rings is 9. The van der Waals surface area contributed by atoms with Crippen molar-refractivity contribution < 1.29 is 0 Å². The Balaban J connectivity index is 0.844. The first-order chi connectivity index (χ1) is 28.5. The van der Waals surface area contributed by atoms with Crippen LogP contribution >= 0.6 is 11.3 Å². The summed E-state index contributed by atoms with van der Waals surface area (Å²) in [6, 6.07) is 62.9. The van der Waals surface area contributed by atoms with E-state index in [0.717, 1.165) is 21.8 Å². The third-order valence-electron chi connectivity index (χ3n) is 12.6. The van der Waals surface area contributed by atoms with Gasteiger partial charge in [0.1, 0.15) is 0 Å². The summed E-state index contributed by atoms with van der Waals surface area (Å²) < 4.78 is 2.69. The highest BCUT2D eigenvalue weighted by Gasteiger charge is 2.36. The van der Waals surface area contributed by atoms with E-state index in [2.05, 4.69) is 184 Å². The highest BCUT2D eigenvalue weighted by atomic mass is 32.1. The number of hydrogen-bond donors (Lipinski definition) is 0. The molecular weight excluding hydrogens is 721 g/mol. The van der Waals surface area contributed by atoms with Gasteiger partial charge in [-0.1, -0.05) is 159 Å². The zero-order chi connectivity index (χ0) is 38.5. The molecule has 0 amide bonds. The SMILES string of the molecule is CC1(C)c2cc(-c3ccc(-c4ccc(-c5cccc6c5sc5ccccc56)cc4)cc3)ccc2-c2ccc(-c3ccc4c5ccccc5c5nccnc5c4c3)cc21. The molecule has 0 fully saturated rings. The minimum absolute atomic E-state index is 0.149. The lowest BCUT2D eigenvalue weighted by atomic mass is 9.80. The molecule has 11 aromatic rings. The van der Waals surface area contributed by atoms with E-state index >= 15 is 0 Å². The fraction of sp³-hybridized carbons (Fsp3) is 0.0545. The van der Waals surface area contributed by atoms with Crippen molar-refractivity contribution in [2.45, 2.75) is 19.3 Å². The molecular formula is C55H36N2S. The van der Waals surface area contributed by atoms with E-state index in [-0.39, 0.29) is 5.41 Å². The summed E-state index contributed by atoms with van der Waals surface area (Å²) in [6.45, 7) is 4.74. The maximum absolute atomic E-state index is 4.82. The Morgan fingerprint density at radius 3 is 1.53 bits per heavy atom. The lowest BCUT2D eigenvalue weighted by Crippen LogP contribution is -2.15. The first-order valence-electron chi connectivity index (χ1n) is 20.0. The highest BCUT2D eigenvalue weighted by Crippen LogP contribution is 2.51. The zero-order valence-corrected chi connectivity index (χ0v) is 32.9. The fourth-order valence-electron chi connectivity index (χ4n) is 9.58. The fourth-order valence-corrected chi connectivity index (χ4v) is 10.8. The molecule has 3 heteroatoms. The molecule has 1 aliphatic carbocycles. The van der Waals surface area contributed by atoms with Gasteiger partial charge in [0.15, 0.2) is 0 Å². The van der Waals surface area contributed by atoms with Gasteiger partial charge >= 0.3 is 0 Å². The van der Waals surface area contributed by atoms with Gasteiger partial charge in [-0.2, -0.15) is 0 Å². The molecule has 0 atom stereocenters. The smallest absolute Gasteiger partial charge is 0.0971 e. The van der Waals surface area contributed by atoms with E-state index in [1.54, 1.807) is 12.4 Å². The van der Waals surface area contributed by atoms with Gasteiger partial charge in [-0.3, -0.25) is 9.97 Å². The number of thiophene rings is 1. The highest BCUT2D eigenvalue weighted by molar-refractivity contribution is 7.26. The molecule has 0 bridgehead atoms. The molecule has 0 saturated heterocycles. The third kappa shape index (κ3) is 4.97. The van der Waals surface area contributed by atoms with Crippen LogP contribution in [0, 0.1) is 0 Å². The monoisotopic (exact) mass is 756 g/mol. The van der Waals surface area contributed by atoms with Crippen molar-refractivity contribution in [1.29, 1.82) is 0 Å². The first-order valence-corrected chi connectivity index (χ1v) is 20.8. The molecule has 0 aliphatic heterocycles. The van der Waals surface area contributed by atoms with Crippen LogP contribution in [0.2, 0.25) is 0 Å². The Bertz CT molecular complexity index is 3430. The van der Waals surface area contributed by atoms with Crippen LogP contribution in [0.5, 0.6) is 0 Å². The van der Waals surface area contributed by atoms with Crippen molar-refractivity contribution in [2.75, 3.05) is 0 Å². The van der Waals surface area contributed by atoms with Crippen molar-refractivity contribution in [2.24, 2.45) is 0 Å². The van der Waals surface area contributed by atoms with Crippen molar-refractivity contribution in [3.05, 3.63) is 193 Å². The summed E-state index contributed by atoms with van der Waals surface area (Å²) in [4.78, 5) is 9.58. The second-order valence-electron chi connectivity index (χ2n) is 16.1. The molecule has 0 N–H and O–H groups in total. The van der Waals surface area contributed by atoms with Crippen molar-refractivity contribution in [1.82, 2.24) is 9.97 Å². The maximum atomic E-state index is 4.82. The average molecular weight is 757 g/mol. The average Bonchev–Trinajstić information content (AvgIpc) is 3.78. The molecule has 1 aliphatic rings. The van der Waals surface area contributed by atoms with Gasteiger partial charge in [-0.15, -0.1) is 11.3 Å². The van der Waals surface area contributed by atoms with Crippen LogP contribution in [-0.4, -0.2) is 9.97 Å². The van der Waals surface area contributed by atoms with Gasteiger partial charge in [-0.05, 0) is 102 Å². The topological polar surface area (TPSA) is 25.8 Å². The normalized spacial score (nSPS) is 13.1. The van der Waals surface area contributed by atoms with Crippen LogP contribution < -0.4 is 0 Å². The second-order valence-corrected chi connectivity index (χ2v) is 17.2. The second kappa shape index (κ2) is 12.5. The summed E-state index contributed by atoms with van der Waals surface area (Å²) >= 11 is 1.88. The molecule has 272 valence electrons. The molecule has 2 aromatic heterocycles. The lowest BCUT2D eigenvalue weighted by molar-refractivity contribution is 0.661. The van der Waals surface area contributed by atoms with Crippen LogP contribution in [0.15, 0.2) is 182 Å². The summed E-state index contributed by atoms with van der Waals surface area (Å²) in [5.41, 5.74) is 17.0. The number of nitrogens with zero attached hydrogens (tertiary/aromatic N) is 2. The van der Waals surface area contributed by atoms with E-state index in [1.165, 1.54) is 97.7 Å². The molecule has 12 rings (SSSR count). The summed E-state index contributed by atoms with van der Waals surface area (Å²) in [5.74, 6) is 0. The van der Waals surface area contributed by atoms with Crippen LogP contribution in [0.4, 0.5) is 0 Å². The Morgan fingerprint density at radius 2 is 0.845 bits per heavy atom. The molecule has 0 spiro atoms. The zero-order valence-electron chi connectivity index (χ0n) is 32.1. The van der Waals surface area contributed by atoms with Gasteiger partial charge in [0.05, 0.1) is 11.0 Å². The summed E-state index contributed by atoms with van der Waals surface area (Å²) in [6.07, 6.45) is 3.59. The number of fused-ring (bicyclic) bond motifs is 12. The molecule has 2 heterocycles. The minimum atomic E-state index is -0.149. The Morgan fingerprint density at radius 1 is 0.362 bits per heavy atom. The van der Waals surface area contributed by atoms with E-state index in [9.17, 15) is 0 Å². The first kappa shape index (κ1) is 33.2. The maximum Gasteiger partial charge on any atom is 0.0971 e. The van der Waals surface area contributed by atoms with Gasteiger partial charge in [0.2, 0.25) is 0 Å². The van der Waals surface area contributed by atoms with Gasteiger partial charge in [0.25, 0.3) is 0 Å².